The van der Waals surface area contributed by atoms with Gasteiger partial charge < -0.3 is 15.7 Å². The van der Waals surface area contributed by atoms with Crippen LogP contribution in [0.15, 0.2) is 0 Å². The van der Waals surface area contributed by atoms with Crippen molar-refractivity contribution >= 4 is 5.91 Å². The molecule has 3 N–H and O–H groups in total. The lowest BCUT2D eigenvalue weighted by atomic mass is 9.99. The van der Waals surface area contributed by atoms with E-state index in [1.807, 2.05) is 13.8 Å². The van der Waals surface area contributed by atoms with E-state index in [-0.39, 0.29) is 5.91 Å². The molecule has 0 aromatic carbocycles. The Morgan fingerprint density at radius 1 is 1.40 bits per heavy atom. The van der Waals surface area contributed by atoms with E-state index in [2.05, 4.69) is 0 Å². The van der Waals surface area contributed by atoms with E-state index in [0.717, 1.165) is 25.9 Å². The minimum atomic E-state index is -1.02. The van der Waals surface area contributed by atoms with Crippen LogP contribution in [0.5, 0.6) is 0 Å². The average molecular weight is 214 g/mol. The number of rotatable bonds is 4. The molecule has 1 aliphatic rings. The first-order valence-corrected chi connectivity index (χ1v) is 5.74. The highest BCUT2D eigenvalue weighted by Crippen LogP contribution is 2.13. The molecule has 88 valence electrons. The van der Waals surface area contributed by atoms with Crippen LogP contribution in [0.4, 0.5) is 0 Å². The fourth-order valence-electron chi connectivity index (χ4n) is 1.98. The summed E-state index contributed by atoms with van der Waals surface area (Å²) in [5.41, 5.74) is 5.79. The van der Waals surface area contributed by atoms with Crippen LogP contribution in [0.3, 0.4) is 0 Å². The normalized spacial score (nSPS) is 20.7. The van der Waals surface area contributed by atoms with E-state index >= 15 is 0 Å². The number of nitrogens with two attached hydrogens (primary N) is 1. The molecule has 0 radical (unpaired) electrons. The van der Waals surface area contributed by atoms with Crippen molar-refractivity contribution in [2.24, 2.45) is 11.7 Å². The molecule has 0 spiro atoms. The number of amides is 1. The van der Waals surface area contributed by atoms with Crippen molar-refractivity contribution in [2.75, 3.05) is 13.1 Å². The molecular weight excluding hydrogens is 192 g/mol. The van der Waals surface area contributed by atoms with Crippen molar-refractivity contribution in [3.63, 3.8) is 0 Å². The summed E-state index contributed by atoms with van der Waals surface area (Å²) in [7, 11) is 0. The van der Waals surface area contributed by atoms with Gasteiger partial charge in [0.2, 0.25) is 0 Å². The standard InChI is InChI=1S/C11H22N2O2/c1-8(2)7-9(12)10(14)11(15)13-5-3-4-6-13/h8-10,14H,3-7,12H2,1-2H3/t9-,10+/m1/s1. The molecule has 1 saturated heterocycles. The average Bonchev–Trinajstić information content (AvgIpc) is 2.67. The Labute approximate surface area is 91.4 Å². The van der Waals surface area contributed by atoms with Gasteiger partial charge in [0.15, 0.2) is 0 Å². The van der Waals surface area contributed by atoms with Crippen LogP contribution in [0, 0.1) is 5.92 Å². The second-order valence-corrected chi connectivity index (χ2v) is 4.77. The van der Waals surface area contributed by atoms with Gasteiger partial charge in [0, 0.05) is 19.1 Å². The number of aliphatic hydroxyl groups is 1. The van der Waals surface area contributed by atoms with Gasteiger partial charge in [-0.1, -0.05) is 13.8 Å². The molecule has 0 saturated carbocycles. The Kier molecular flexibility index (Phi) is 4.54. The van der Waals surface area contributed by atoms with Crippen molar-refractivity contribution in [1.82, 2.24) is 4.90 Å². The fraction of sp³-hybridized carbons (Fsp3) is 0.909. The van der Waals surface area contributed by atoms with E-state index in [9.17, 15) is 9.90 Å². The molecule has 0 unspecified atom stereocenters. The number of nitrogens with zero attached hydrogens (tertiary/aromatic N) is 1. The van der Waals surface area contributed by atoms with Gasteiger partial charge in [0.05, 0.1) is 0 Å². The van der Waals surface area contributed by atoms with Crippen molar-refractivity contribution in [1.29, 1.82) is 0 Å². The summed E-state index contributed by atoms with van der Waals surface area (Å²) < 4.78 is 0. The van der Waals surface area contributed by atoms with E-state index in [0.29, 0.717) is 12.3 Å². The largest absolute Gasteiger partial charge is 0.382 e. The Bertz CT molecular complexity index is 213. The van der Waals surface area contributed by atoms with Crippen LogP contribution >= 0.6 is 0 Å². The first kappa shape index (κ1) is 12.5. The molecule has 4 heteroatoms. The topological polar surface area (TPSA) is 66.6 Å². The van der Waals surface area contributed by atoms with Crippen molar-refractivity contribution in [2.45, 2.75) is 45.3 Å². The molecule has 0 aliphatic carbocycles. The molecule has 1 heterocycles. The minimum Gasteiger partial charge on any atom is -0.382 e. The van der Waals surface area contributed by atoms with Crippen molar-refractivity contribution < 1.29 is 9.90 Å². The molecule has 4 nitrogen and oxygen atoms in total. The van der Waals surface area contributed by atoms with Crippen molar-refractivity contribution in [3.05, 3.63) is 0 Å². The molecule has 1 amide bonds. The maximum atomic E-state index is 11.8. The maximum absolute atomic E-state index is 11.8. The highest BCUT2D eigenvalue weighted by molar-refractivity contribution is 5.81. The number of aliphatic hydroxyl groups excluding tert-OH is 1. The van der Waals surface area contributed by atoms with Crippen LogP contribution < -0.4 is 5.73 Å². The molecular formula is C11H22N2O2. The molecule has 1 fully saturated rings. The van der Waals surface area contributed by atoms with Gasteiger partial charge in [0.1, 0.15) is 6.10 Å². The van der Waals surface area contributed by atoms with E-state index < -0.39 is 12.1 Å². The van der Waals surface area contributed by atoms with Crippen LogP contribution in [-0.2, 0) is 4.79 Å². The third-order valence-corrected chi connectivity index (χ3v) is 2.82. The summed E-state index contributed by atoms with van der Waals surface area (Å²) in [4.78, 5) is 13.5. The van der Waals surface area contributed by atoms with Gasteiger partial charge in [-0.25, -0.2) is 0 Å². The zero-order chi connectivity index (χ0) is 11.4. The molecule has 0 aromatic heterocycles. The summed E-state index contributed by atoms with van der Waals surface area (Å²) >= 11 is 0. The lowest BCUT2D eigenvalue weighted by Crippen LogP contribution is -2.47. The van der Waals surface area contributed by atoms with Crippen LogP contribution in [0.2, 0.25) is 0 Å². The minimum absolute atomic E-state index is 0.194. The van der Waals surface area contributed by atoms with Crippen LogP contribution in [0.1, 0.15) is 33.1 Å². The second-order valence-electron chi connectivity index (χ2n) is 4.77. The third-order valence-electron chi connectivity index (χ3n) is 2.82. The van der Waals surface area contributed by atoms with Crippen molar-refractivity contribution in [3.8, 4) is 0 Å². The zero-order valence-electron chi connectivity index (χ0n) is 9.65. The van der Waals surface area contributed by atoms with Gasteiger partial charge in [0.25, 0.3) is 5.91 Å². The van der Waals surface area contributed by atoms with Crippen LogP contribution in [-0.4, -0.2) is 41.1 Å². The molecule has 2 atom stereocenters. The Balaban J connectivity index is 2.43. The SMILES string of the molecule is CC(C)C[C@@H](N)[C@H](O)C(=O)N1CCCC1. The smallest absolute Gasteiger partial charge is 0.253 e. The summed E-state index contributed by atoms with van der Waals surface area (Å²) in [6, 6.07) is -0.432. The van der Waals surface area contributed by atoms with Gasteiger partial charge in [-0.2, -0.15) is 0 Å². The summed E-state index contributed by atoms with van der Waals surface area (Å²) in [5, 5.41) is 9.78. The second kappa shape index (κ2) is 5.47. The summed E-state index contributed by atoms with van der Waals surface area (Å²) in [5.74, 6) is 0.210. The van der Waals surface area contributed by atoms with E-state index in [1.54, 1.807) is 4.90 Å². The van der Waals surface area contributed by atoms with E-state index in [1.165, 1.54) is 0 Å². The first-order valence-electron chi connectivity index (χ1n) is 5.74. The zero-order valence-corrected chi connectivity index (χ0v) is 9.65. The first-order chi connectivity index (χ1) is 7.02. The number of carbonyl (C=O) groups is 1. The lowest BCUT2D eigenvalue weighted by molar-refractivity contribution is -0.140. The van der Waals surface area contributed by atoms with E-state index in [4.69, 9.17) is 5.73 Å². The molecule has 0 bridgehead atoms. The third kappa shape index (κ3) is 3.47. The molecule has 1 aliphatic heterocycles. The van der Waals surface area contributed by atoms with Gasteiger partial charge in [-0.3, -0.25) is 4.79 Å². The Morgan fingerprint density at radius 2 is 1.93 bits per heavy atom. The van der Waals surface area contributed by atoms with Crippen LogP contribution in [0.25, 0.3) is 0 Å². The highest BCUT2D eigenvalue weighted by Gasteiger charge is 2.29. The number of carbonyl (C=O) groups excluding carboxylic acids is 1. The summed E-state index contributed by atoms with van der Waals surface area (Å²) in [6.45, 7) is 5.61. The summed E-state index contributed by atoms with van der Waals surface area (Å²) in [6.07, 6.45) is 1.74. The number of likely N-dealkylation sites (tertiary alicyclic amines) is 1. The Hall–Kier alpha value is -0.610. The predicted octanol–water partition coefficient (Wildman–Crippen LogP) is 0.343. The monoisotopic (exact) mass is 214 g/mol. The Morgan fingerprint density at radius 3 is 2.40 bits per heavy atom. The predicted molar refractivity (Wildman–Crippen MR) is 59.3 cm³/mol. The quantitative estimate of drug-likeness (QED) is 0.709. The lowest BCUT2D eigenvalue weighted by Gasteiger charge is -2.24. The van der Waals surface area contributed by atoms with Gasteiger partial charge in [-0.05, 0) is 25.2 Å². The molecule has 15 heavy (non-hydrogen) atoms. The van der Waals surface area contributed by atoms with Gasteiger partial charge in [-0.15, -0.1) is 0 Å². The molecule has 1 rings (SSSR count). The maximum Gasteiger partial charge on any atom is 0.253 e. The highest BCUT2D eigenvalue weighted by atomic mass is 16.3. The fourth-order valence-corrected chi connectivity index (χ4v) is 1.98. The number of hydrogen-bond acceptors (Lipinski definition) is 3. The van der Waals surface area contributed by atoms with Gasteiger partial charge >= 0.3 is 0 Å². The molecule has 0 aromatic rings. The number of hydrogen-bond donors (Lipinski definition) is 2.